The Labute approximate surface area is 179 Å². The highest BCUT2D eigenvalue weighted by molar-refractivity contribution is 5.79. The van der Waals surface area contributed by atoms with Crippen molar-refractivity contribution in [2.45, 2.75) is 76.8 Å². The second-order valence-corrected chi connectivity index (χ2v) is 8.64. The summed E-state index contributed by atoms with van der Waals surface area (Å²) in [6, 6.07) is 9.58. The summed E-state index contributed by atoms with van der Waals surface area (Å²) >= 11 is 0. The van der Waals surface area contributed by atoms with Crippen molar-refractivity contribution in [3.63, 3.8) is 0 Å². The summed E-state index contributed by atoms with van der Waals surface area (Å²) in [6.45, 7) is 0.455. The Kier molecular flexibility index (Phi) is 8.55. The van der Waals surface area contributed by atoms with E-state index in [1.165, 1.54) is 32.1 Å². The lowest BCUT2D eigenvalue weighted by Crippen LogP contribution is -2.41. The number of amides is 2. The molecule has 3 rings (SSSR count). The molecule has 2 amide bonds. The molecule has 2 fully saturated rings. The highest BCUT2D eigenvalue weighted by Crippen LogP contribution is 2.28. The molecule has 0 atom stereocenters. The molecule has 0 radical (unpaired) electrons. The Balaban J connectivity index is 1.35. The lowest BCUT2D eigenvalue weighted by Gasteiger charge is -2.29. The third-order valence-electron chi connectivity index (χ3n) is 6.33. The van der Waals surface area contributed by atoms with Gasteiger partial charge in [0.15, 0.2) is 6.61 Å². The van der Waals surface area contributed by atoms with E-state index in [0.717, 1.165) is 31.2 Å². The highest BCUT2D eigenvalue weighted by Gasteiger charge is 2.27. The normalized spacial score (nSPS) is 22.0. The van der Waals surface area contributed by atoms with E-state index in [1.807, 2.05) is 24.3 Å². The quantitative estimate of drug-likeness (QED) is 0.680. The van der Waals surface area contributed by atoms with Gasteiger partial charge in [0.1, 0.15) is 11.8 Å². The van der Waals surface area contributed by atoms with Gasteiger partial charge in [0.2, 0.25) is 11.8 Å². The topological polar surface area (TPSA) is 91.2 Å². The van der Waals surface area contributed by atoms with Gasteiger partial charge in [0.25, 0.3) is 0 Å². The second kappa shape index (κ2) is 11.6. The summed E-state index contributed by atoms with van der Waals surface area (Å²) < 4.78 is 5.30. The Hall–Kier alpha value is -2.55. The van der Waals surface area contributed by atoms with Gasteiger partial charge in [-0.05, 0) is 62.1 Å². The van der Waals surface area contributed by atoms with Crippen LogP contribution in [0, 0.1) is 23.2 Å². The molecule has 30 heavy (non-hydrogen) atoms. The number of nitriles is 1. The van der Waals surface area contributed by atoms with Crippen LogP contribution >= 0.6 is 0 Å². The fourth-order valence-electron chi connectivity index (χ4n) is 4.63. The summed E-state index contributed by atoms with van der Waals surface area (Å²) in [6.07, 6.45) is 10.2. The van der Waals surface area contributed by atoms with Crippen LogP contribution in [0.25, 0.3) is 0 Å². The number of hydrogen-bond acceptors (Lipinski definition) is 4. The maximum atomic E-state index is 12.5. The molecule has 0 bridgehead atoms. The van der Waals surface area contributed by atoms with Gasteiger partial charge in [-0.25, -0.2) is 0 Å². The van der Waals surface area contributed by atoms with Crippen LogP contribution in [0.15, 0.2) is 24.3 Å². The number of hydrogen-bond donors (Lipinski definition) is 2. The van der Waals surface area contributed by atoms with E-state index in [2.05, 4.69) is 10.6 Å². The number of nitrogens with one attached hydrogen (secondary N) is 2. The first-order valence-electron chi connectivity index (χ1n) is 11.3. The van der Waals surface area contributed by atoms with Crippen molar-refractivity contribution in [1.82, 2.24) is 10.6 Å². The zero-order valence-corrected chi connectivity index (χ0v) is 17.7. The molecule has 0 heterocycles. The van der Waals surface area contributed by atoms with Crippen LogP contribution in [-0.2, 0) is 16.1 Å². The van der Waals surface area contributed by atoms with Gasteiger partial charge >= 0.3 is 0 Å². The first-order valence-corrected chi connectivity index (χ1v) is 11.3. The predicted molar refractivity (Wildman–Crippen MR) is 114 cm³/mol. The van der Waals surface area contributed by atoms with Crippen LogP contribution in [0.4, 0.5) is 0 Å². The van der Waals surface area contributed by atoms with Crippen molar-refractivity contribution in [2.24, 2.45) is 11.8 Å². The number of benzene rings is 1. The van der Waals surface area contributed by atoms with Crippen LogP contribution in [-0.4, -0.2) is 24.5 Å². The molecule has 2 aliphatic carbocycles. The zero-order chi connectivity index (χ0) is 21.2. The molecule has 0 aromatic heterocycles. The van der Waals surface area contributed by atoms with Gasteiger partial charge in [0.05, 0.1) is 0 Å². The maximum Gasteiger partial charge on any atom is 0.223 e. The maximum absolute atomic E-state index is 12.5. The number of carbonyl (C=O) groups excluding carboxylic acids is 2. The van der Waals surface area contributed by atoms with Crippen molar-refractivity contribution in [3.8, 4) is 11.8 Å². The van der Waals surface area contributed by atoms with E-state index in [-0.39, 0.29) is 30.4 Å². The first kappa shape index (κ1) is 22.1. The molecule has 0 aliphatic heterocycles. The lowest BCUT2D eigenvalue weighted by molar-refractivity contribution is -0.126. The lowest BCUT2D eigenvalue weighted by atomic mass is 9.84. The minimum atomic E-state index is 0.00881. The average molecular weight is 412 g/mol. The third-order valence-corrected chi connectivity index (χ3v) is 6.33. The third kappa shape index (κ3) is 7.05. The summed E-state index contributed by atoms with van der Waals surface area (Å²) in [4.78, 5) is 24.9. The van der Waals surface area contributed by atoms with Crippen molar-refractivity contribution in [2.75, 3.05) is 6.61 Å². The molecule has 0 unspecified atom stereocenters. The molecule has 6 heteroatoms. The van der Waals surface area contributed by atoms with E-state index in [0.29, 0.717) is 24.6 Å². The van der Waals surface area contributed by atoms with Crippen molar-refractivity contribution in [3.05, 3.63) is 29.8 Å². The largest absolute Gasteiger partial charge is 0.479 e. The number of rotatable bonds is 8. The summed E-state index contributed by atoms with van der Waals surface area (Å²) in [5.74, 6) is 1.46. The Morgan fingerprint density at radius 1 is 1.07 bits per heavy atom. The molecular weight excluding hydrogens is 378 g/mol. The van der Waals surface area contributed by atoms with E-state index < -0.39 is 0 Å². The van der Waals surface area contributed by atoms with Gasteiger partial charge < -0.3 is 15.4 Å². The van der Waals surface area contributed by atoms with E-state index in [4.69, 9.17) is 10.00 Å². The van der Waals surface area contributed by atoms with Crippen molar-refractivity contribution >= 4 is 11.8 Å². The van der Waals surface area contributed by atoms with E-state index >= 15 is 0 Å². The fraction of sp³-hybridized carbons (Fsp3) is 0.625. The Morgan fingerprint density at radius 2 is 1.83 bits per heavy atom. The van der Waals surface area contributed by atoms with Gasteiger partial charge in [-0.15, -0.1) is 0 Å². The van der Waals surface area contributed by atoms with Gasteiger partial charge in [-0.3, -0.25) is 9.59 Å². The van der Waals surface area contributed by atoms with Crippen LogP contribution in [0.5, 0.6) is 5.75 Å². The minimum absolute atomic E-state index is 0.00881. The molecule has 162 valence electrons. The summed E-state index contributed by atoms with van der Waals surface area (Å²) in [5.41, 5.74) is 0.947. The van der Waals surface area contributed by atoms with Crippen molar-refractivity contribution in [1.29, 1.82) is 5.26 Å². The standard InChI is InChI=1S/C24H33N3O3/c25-13-14-30-22-8-4-7-19(15-22)17-26-24(29)20-9-11-21(12-10-20)27-23(28)16-18-5-2-1-3-6-18/h4,7-8,15,18,20-21H,1-3,5-6,9-12,14,16-17H2,(H,26,29)(H,27,28). The molecule has 2 N–H and O–H groups in total. The number of carbonyl (C=O) groups is 2. The SMILES string of the molecule is N#CCOc1cccc(CNC(=O)C2CCC(NC(=O)CC3CCCCC3)CC2)c1. The van der Waals surface area contributed by atoms with Crippen molar-refractivity contribution < 1.29 is 14.3 Å². The molecule has 1 aromatic carbocycles. The van der Waals surface area contributed by atoms with Gasteiger partial charge in [-0.1, -0.05) is 31.4 Å². The molecule has 2 saturated carbocycles. The van der Waals surface area contributed by atoms with E-state index in [1.54, 1.807) is 6.07 Å². The smallest absolute Gasteiger partial charge is 0.223 e. The monoisotopic (exact) mass is 411 g/mol. The Morgan fingerprint density at radius 3 is 2.57 bits per heavy atom. The predicted octanol–water partition coefficient (Wildman–Crippen LogP) is 3.85. The van der Waals surface area contributed by atoms with Crippen LogP contribution in [0.1, 0.15) is 69.8 Å². The average Bonchev–Trinajstić information content (AvgIpc) is 2.77. The molecule has 0 spiro atoms. The Bertz CT molecular complexity index is 744. The molecule has 0 saturated heterocycles. The number of ether oxygens (including phenoxy) is 1. The second-order valence-electron chi connectivity index (χ2n) is 8.64. The van der Waals surface area contributed by atoms with Gasteiger partial charge in [-0.2, -0.15) is 5.26 Å². The summed E-state index contributed by atoms with van der Waals surface area (Å²) in [5, 5.41) is 14.8. The zero-order valence-electron chi connectivity index (χ0n) is 17.7. The molecule has 2 aliphatic rings. The fourth-order valence-corrected chi connectivity index (χ4v) is 4.63. The first-order chi connectivity index (χ1) is 14.6. The van der Waals surface area contributed by atoms with Gasteiger partial charge in [0, 0.05) is 24.9 Å². The van der Waals surface area contributed by atoms with Crippen LogP contribution < -0.4 is 15.4 Å². The molecular formula is C24H33N3O3. The van der Waals surface area contributed by atoms with E-state index in [9.17, 15) is 9.59 Å². The molecule has 1 aromatic rings. The molecule has 6 nitrogen and oxygen atoms in total. The number of nitrogens with zero attached hydrogens (tertiary/aromatic N) is 1. The summed E-state index contributed by atoms with van der Waals surface area (Å²) in [7, 11) is 0. The van der Waals surface area contributed by atoms with Crippen LogP contribution in [0.3, 0.4) is 0 Å². The highest BCUT2D eigenvalue weighted by atomic mass is 16.5. The van der Waals surface area contributed by atoms with Crippen LogP contribution in [0.2, 0.25) is 0 Å². The minimum Gasteiger partial charge on any atom is -0.479 e.